The highest BCUT2D eigenvalue weighted by Gasteiger charge is 2.51. The van der Waals surface area contributed by atoms with Gasteiger partial charge in [-0.15, -0.1) is 0 Å². The summed E-state index contributed by atoms with van der Waals surface area (Å²) in [5.41, 5.74) is 0. The third kappa shape index (κ3) is 31.6. The second-order valence-corrected chi connectivity index (χ2v) is 16.9. The van der Waals surface area contributed by atoms with E-state index < -0.39 is 63.1 Å². The zero-order valence-corrected chi connectivity index (χ0v) is 39.4. The van der Waals surface area contributed by atoms with Gasteiger partial charge in [0.05, 0.1) is 13.2 Å². The van der Waals surface area contributed by atoms with Crippen LogP contribution in [0.1, 0.15) is 129 Å². The Balaban J connectivity index is 2.48. The van der Waals surface area contributed by atoms with Gasteiger partial charge in [0.15, 0.2) is 0 Å². The summed E-state index contributed by atoms with van der Waals surface area (Å²) in [6.07, 6.45) is 45.6. The number of aliphatic hydroxyl groups excluding tert-OH is 5. The first kappa shape index (κ1) is 58.8. The van der Waals surface area contributed by atoms with E-state index in [-0.39, 0.29) is 13.0 Å². The van der Waals surface area contributed by atoms with Crippen molar-refractivity contribution in [1.29, 1.82) is 0 Å². The van der Waals surface area contributed by atoms with Gasteiger partial charge in [0.25, 0.3) is 0 Å². The van der Waals surface area contributed by atoms with Gasteiger partial charge in [0.1, 0.15) is 42.7 Å². The normalized spacial score (nSPS) is 22.8. The van der Waals surface area contributed by atoms with Crippen LogP contribution in [0.4, 0.5) is 0 Å². The van der Waals surface area contributed by atoms with Crippen molar-refractivity contribution in [2.45, 2.75) is 172 Å². The number of phosphoric ester groups is 1. The van der Waals surface area contributed by atoms with Crippen molar-refractivity contribution in [3.8, 4) is 0 Å². The molecular formula is C51H81O12P. The Morgan fingerprint density at radius 1 is 0.500 bits per heavy atom. The molecule has 0 aromatic carbocycles. The molecule has 362 valence electrons. The lowest BCUT2D eigenvalue weighted by molar-refractivity contribution is -0.220. The van der Waals surface area contributed by atoms with Crippen LogP contribution >= 0.6 is 7.82 Å². The lowest BCUT2D eigenvalue weighted by atomic mass is 9.85. The smallest absolute Gasteiger partial charge is 0.457 e. The van der Waals surface area contributed by atoms with Crippen LogP contribution in [0.2, 0.25) is 0 Å². The molecule has 0 bridgehead atoms. The lowest BCUT2D eigenvalue weighted by Gasteiger charge is -2.41. The summed E-state index contributed by atoms with van der Waals surface area (Å²) >= 11 is 0. The molecule has 1 rings (SSSR count). The number of rotatable bonds is 37. The fourth-order valence-corrected chi connectivity index (χ4v) is 7.16. The molecule has 13 heteroatoms. The quantitative estimate of drug-likeness (QED) is 0.0150. The Labute approximate surface area is 384 Å². The third-order valence-electron chi connectivity index (χ3n) is 9.83. The molecule has 1 saturated carbocycles. The molecule has 64 heavy (non-hydrogen) atoms. The molecule has 0 amide bonds. The maximum Gasteiger partial charge on any atom is 0.472 e. The minimum atomic E-state index is -5.05. The molecule has 6 unspecified atom stereocenters. The SMILES string of the molecule is CC/C=C\C/C=C\C/C=C\C/C=C\C/C=C\C/C=C\CCCOCC(COP(=O)(O)OC1C(O)C(O)C(O)C(O)C1O)OC(=O)CCCCCC/C=C\C/C=C\C/C=C\C/C=C\CC. The van der Waals surface area contributed by atoms with E-state index in [0.717, 1.165) is 96.3 Å². The Bertz CT molecular complexity index is 1510. The van der Waals surface area contributed by atoms with Crippen LogP contribution in [0, 0.1) is 0 Å². The first-order chi connectivity index (χ1) is 31.0. The first-order valence-corrected chi connectivity index (χ1v) is 24.9. The molecule has 1 fully saturated rings. The van der Waals surface area contributed by atoms with Gasteiger partial charge in [-0.05, 0) is 96.3 Å². The molecule has 0 spiro atoms. The van der Waals surface area contributed by atoms with Crippen molar-refractivity contribution in [1.82, 2.24) is 0 Å². The molecule has 12 nitrogen and oxygen atoms in total. The van der Waals surface area contributed by atoms with E-state index in [0.29, 0.717) is 19.4 Å². The van der Waals surface area contributed by atoms with E-state index in [4.69, 9.17) is 18.5 Å². The van der Waals surface area contributed by atoms with E-state index in [1.807, 2.05) is 0 Å². The van der Waals surface area contributed by atoms with Gasteiger partial charge in [-0.2, -0.15) is 0 Å². The number of unbranched alkanes of at least 4 members (excludes halogenated alkanes) is 5. The number of allylic oxidation sites excluding steroid dienone is 20. The molecule has 0 aliphatic heterocycles. The summed E-state index contributed by atoms with van der Waals surface area (Å²) in [5.74, 6) is -0.527. The Morgan fingerprint density at radius 3 is 1.31 bits per heavy atom. The molecule has 1 aliphatic rings. The highest BCUT2D eigenvalue weighted by molar-refractivity contribution is 7.47. The van der Waals surface area contributed by atoms with Crippen molar-refractivity contribution in [3.05, 3.63) is 122 Å². The maximum atomic E-state index is 12.8. The van der Waals surface area contributed by atoms with Gasteiger partial charge >= 0.3 is 13.8 Å². The van der Waals surface area contributed by atoms with Gasteiger partial charge in [0, 0.05) is 13.0 Å². The molecule has 0 saturated heterocycles. The molecular weight excluding hydrogens is 836 g/mol. The molecule has 6 N–H and O–H groups in total. The van der Waals surface area contributed by atoms with Gasteiger partial charge in [0.2, 0.25) is 0 Å². The summed E-state index contributed by atoms with van der Waals surface area (Å²) in [6, 6.07) is 0. The minimum absolute atomic E-state index is 0.134. The maximum absolute atomic E-state index is 12.8. The van der Waals surface area contributed by atoms with Gasteiger partial charge in [-0.3, -0.25) is 13.8 Å². The molecule has 0 heterocycles. The van der Waals surface area contributed by atoms with Gasteiger partial charge < -0.3 is 39.9 Å². The first-order valence-electron chi connectivity index (χ1n) is 23.4. The molecule has 1 aliphatic carbocycles. The third-order valence-corrected chi connectivity index (χ3v) is 10.8. The molecule has 0 radical (unpaired) electrons. The van der Waals surface area contributed by atoms with Crippen LogP contribution in [0.25, 0.3) is 0 Å². The number of esters is 1. The summed E-state index contributed by atoms with van der Waals surface area (Å²) in [4.78, 5) is 23.2. The highest BCUT2D eigenvalue weighted by Crippen LogP contribution is 2.47. The number of phosphoric acid groups is 1. The van der Waals surface area contributed by atoms with Crippen molar-refractivity contribution >= 4 is 13.8 Å². The monoisotopic (exact) mass is 917 g/mol. The lowest BCUT2D eigenvalue weighted by Crippen LogP contribution is -2.64. The van der Waals surface area contributed by atoms with Crippen molar-refractivity contribution in [3.63, 3.8) is 0 Å². The van der Waals surface area contributed by atoms with Crippen LogP contribution in [0.3, 0.4) is 0 Å². The van der Waals surface area contributed by atoms with Gasteiger partial charge in [-0.25, -0.2) is 4.57 Å². The Morgan fingerprint density at radius 2 is 0.875 bits per heavy atom. The second kappa shape index (κ2) is 40.1. The van der Waals surface area contributed by atoms with E-state index in [1.54, 1.807) is 0 Å². The summed E-state index contributed by atoms with van der Waals surface area (Å²) in [5, 5.41) is 50.2. The van der Waals surface area contributed by atoms with Crippen LogP contribution in [0.15, 0.2) is 122 Å². The molecule has 6 atom stereocenters. The summed E-state index contributed by atoms with van der Waals surface area (Å²) < 4.78 is 34.1. The average molecular weight is 917 g/mol. The predicted octanol–water partition coefficient (Wildman–Crippen LogP) is 9.86. The number of carbonyl (C=O) groups is 1. The minimum Gasteiger partial charge on any atom is -0.457 e. The largest absolute Gasteiger partial charge is 0.472 e. The van der Waals surface area contributed by atoms with E-state index in [2.05, 4.69) is 135 Å². The van der Waals surface area contributed by atoms with Crippen LogP contribution < -0.4 is 0 Å². The Kier molecular flexibility index (Phi) is 36.8. The van der Waals surface area contributed by atoms with Crippen LogP contribution in [-0.4, -0.2) is 98.9 Å². The summed E-state index contributed by atoms with van der Waals surface area (Å²) in [6.45, 7) is 3.83. The fourth-order valence-electron chi connectivity index (χ4n) is 6.18. The number of hydrogen-bond acceptors (Lipinski definition) is 11. The van der Waals surface area contributed by atoms with Gasteiger partial charge in [-0.1, -0.05) is 148 Å². The number of hydrogen-bond donors (Lipinski definition) is 6. The standard InChI is InChI=1S/C51H81O12P/c1-3-5-7-9-11-13-15-17-19-21-22-23-25-27-29-31-33-35-37-39-41-60-42-44(43-61-64(58,59)63-51-49(56)47(54)46(53)48(55)50(51)57)62-45(52)40-38-36-34-32-30-28-26-24-20-18-16-14-12-10-8-6-4-2/h5-8,11-14,17-20,22-23,26-29,33,35,44,46-51,53-57H,3-4,9-10,15-16,21,24-25,30-32,34,36-43H2,1-2H3,(H,58,59)/b7-5-,8-6-,13-11-,14-12-,19-17-,20-18-,23-22-,28-26-,29-27-,35-33-. The average Bonchev–Trinajstić information content (AvgIpc) is 3.28. The van der Waals surface area contributed by atoms with E-state index in [9.17, 15) is 39.8 Å². The predicted molar refractivity (Wildman–Crippen MR) is 257 cm³/mol. The van der Waals surface area contributed by atoms with E-state index in [1.165, 1.54) is 0 Å². The summed E-state index contributed by atoms with van der Waals surface area (Å²) in [7, 11) is -5.05. The second-order valence-electron chi connectivity index (χ2n) is 15.5. The highest BCUT2D eigenvalue weighted by atomic mass is 31.2. The van der Waals surface area contributed by atoms with Crippen molar-refractivity contribution in [2.75, 3.05) is 19.8 Å². The molecule has 0 aromatic heterocycles. The number of carbonyl (C=O) groups excluding carboxylic acids is 1. The van der Waals surface area contributed by atoms with E-state index >= 15 is 0 Å². The zero-order valence-electron chi connectivity index (χ0n) is 38.5. The Hall–Kier alpha value is -3.26. The van der Waals surface area contributed by atoms with Crippen molar-refractivity contribution < 1.29 is 58.3 Å². The molecule has 0 aromatic rings. The number of aliphatic hydroxyl groups is 5. The van der Waals surface area contributed by atoms with Crippen LogP contribution in [0.5, 0.6) is 0 Å². The van der Waals surface area contributed by atoms with Crippen LogP contribution in [-0.2, 0) is 27.9 Å². The topological polar surface area (TPSA) is 192 Å². The zero-order chi connectivity index (χ0) is 46.9. The van der Waals surface area contributed by atoms with Crippen molar-refractivity contribution in [2.24, 2.45) is 0 Å². The number of ether oxygens (including phenoxy) is 2. The fraction of sp³-hybridized carbons (Fsp3) is 0.588.